The van der Waals surface area contributed by atoms with Crippen molar-refractivity contribution in [2.75, 3.05) is 17.7 Å². The normalized spacial score (nSPS) is 17.1. The fourth-order valence-electron chi connectivity index (χ4n) is 3.92. The maximum atomic E-state index is 13.5. The molecule has 8 heteroatoms. The Kier molecular flexibility index (Phi) is 6.22. The number of nitrogens with zero attached hydrogens (tertiary/aromatic N) is 3. The molecule has 1 aliphatic heterocycles. The number of carbonyl (C=O) groups is 1. The van der Waals surface area contributed by atoms with Gasteiger partial charge < -0.3 is 4.90 Å². The van der Waals surface area contributed by atoms with Crippen LogP contribution in [0, 0.1) is 0 Å². The highest BCUT2D eigenvalue weighted by Gasteiger charge is 2.35. The molecule has 0 aliphatic carbocycles. The number of anilines is 1. The van der Waals surface area contributed by atoms with Crippen LogP contribution < -0.4 is 4.90 Å². The van der Waals surface area contributed by atoms with Crippen LogP contribution in [-0.2, 0) is 23.0 Å². The Morgan fingerprint density at radius 3 is 2.58 bits per heavy atom. The summed E-state index contributed by atoms with van der Waals surface area (Å²) in [5.74, 6) is -0.204. The van der Waals surface area contributed by atoms with Crippen LogP contribution in [-0.4, -0.2) is 42.5 Å². The van der Waals surface area contributed by atoms with Crippen molar-refractivity contribution in [1.82, 2.24) is 9.29 Å². The average molecular weight is 500 g/mol. The molecule has 31 heavy (non-hydrogen) atoms. The molecule has 1 atom stereocenters. The minimum Gasteiger partial charge on any atom is -0.306 e. The Morgan fingerprint density at radius 2 is 1.90 bits per heavy atom. The van der Waals surface area contributed by atoms with Gasteiger partial charge >= 0.3 is 0 Å². The molecule has 6 nitrogen and oxygen atoms in total. The maximum Gasteiger partial charge on any atom is 0.259 e. The number of sulfonamides is 1. The molecule has 0 spiro atoms. The summed E-state index contributed by atoms with van der Waals surface area (Å²) >= 11 is 3.48. The van der Waals surface area contributed by atoms with E-state index in [1.54, 1.807) is 23.2 Å². The molecule has 0 saturated carbocycles. The molecule has 160 valence electrons. The molecule has 0 radical (unpaired) electrons. The first-order valence-electron chi connectivity index (χ1n) is 9.84. The van der Waals surface area contributed by atoms with Crippen LogP contribution in [0.25, 0.3) is 0 Å². The van der Waals surface area contributed by atoms with Crippen molar-refractivity contribution in [3.8, 4) is 0 Å². The summed E-state index contributed by atoms with van der Waals surface area (Å²) in [6.07, 6.45) is 4.88. The van der Waals surface area contributed by atoms with E-state index >= 15 is 0 Å². The number of pyridine rings is 1. The van der Waals surface area contributed by atoms with E-state index in [2.05, 4.69) is 20.9 Å². The average Bonchev–Trinajstić information content (AvgIpc) is 2.91. The van der Waals surface area contributed by atoms with E-state index in [-0.39, 0.29) is 19.0 Å². The first kappa shape index (κ1) is 21.7. The van der Waals surface area contributed by atoms with Crippen molar-refractivity contribution in [3.05, 3.63) is 94.2 Å². The Balaban J connectivity index is 1.81. The summed E-state index contributed by atoms with van der Waals surface area (Å²) in [5, 5.41) is 0. The number of carbonyl (C=O) groups excluding carboxylic acids is 1. The van der Waals surface area contributed by atoms with Gasteiger partial charge in [-0.1, -0.05) is 46.3 Å². The lowest BCUT2D eigenvalue weighted by Gasteiger charge is -2.30. The fraction of sp³-hybridized carbons (Fsp3) is 0.217. The van der Waals surface area contributed by atoms with E-state index in [0.29, 0.717) is 17.7 Å². The molecule has 0 saturated heterocycles. The number of fused-ring (bicyclic) bond motifs is 1. The van der Waals surface area contributed by atoms with E-state index in [9.17, 15) is 13.2 Å². The Morgan fingerprint density at radius 1 is 1.13 bits per heavy atom. The van der Waals surface area contributed by atoms with Gasteiger partial charge in [0.1, 0.15) is 0 Å². The van der Waals surface area contributed by atoms with E-state index < -0.39 is 16.1 Å². The van der Waals surface area contributed by atoms with Gasteiger partial charge in [-0.2, -0.15) is 4.31 Å². The van der Waals surface area contributed by atoms with Crippen LogP contribution in [0.1, 0.15) is 21.5 Å². The zero-order valence-corrected chi connectivity index (χ0v) is 19.4. The Hall–Kier alpha value is -2.55. The van der Waals surface area contributed by atoms with Crippen LogP contribution >= 0.6 is 15.9 Å². The van der Waals surface area contributed by atoms with Crippen molar-refractivity contribution < 1.29 is 13.2 Å². The summed E-state index contributed by atoms with van der Waals surface area (Å²) in [4.78, 5) is 19.2. The zero-order chi connectivity index (χ0) is 22.0. The van der Waals surface area contributed by atoms with Gasteiger partial charge in [0.05, 0.1) is 11.8 Å². The number of benzene rings is 2. The number of amides is 1. The lowest BCUT2D eigenvalue weighted by Crippen LogP contribution is -2.46. The molecule has 1 aromatic heterocycles. The summed E-state index contributed by atoms with van der Waals surface area (Å²) in [5.41, 5.74) is 2.96. The highest BCUT2D eigenvalue weighted by atomic mass is 79.9. The molecular formula is C23H22BrN3O3S. The van der Waals surface area contributed by atoms with Gasteiger partial charge in [-0.05, 0) is 47.9 Å². The second-order valence-electron chi connectivity index (χ2n) is 7.58. The van der Waals surface area contributed by atoms with Crippen molar-refractivity contribution >= 4 is 37.5 Å². The van der Waals surface area contributed by atoms with Gasteiger partial charge in [-0.15, -0.1) is 0 Å². The standard InChI is InChI=1S/C23H22BrN3O3S/c1-31(29,30)27-15-19-13-20(24)9-10-22(19)26(23(28)18-8-5-11-25-14-18)16-21(27)12-17-6-3-2-4-7-17/h2-11,13-14,21H,12,15-16H2,1H3. The molecular weight excluding hydrogens is 478 g/mol. The smallest absolute Gasteiger partial charge is 0.259 e. The van der Waals surface area contributed by atoms with Gasteiger partial charge in [0.15, 0.2) is 0 Å². The number of hydrogen-bond donors (Lipinski definition) is 0. The quantitative estimate of drug-likeness (QED) is 0.546. The predicted molar refractivity (Wildman–Crippen MR) is 124 cm³/mol. The highest BCUT2D eigenvalue weighted by Crippen LogP contribution is 2.33. The lowest BCUT2D eigenvalue weighted by molar-refractivity contribution is 0.0982. The van der Waals surface area contributed by atoms with Crippen LogP contribution in [0.3, 0.4) is 0 Å². The minimum absolute atomic E-state index is 0.196. The minimum atomic E-state index is -3.52. The summed E-state index contributed by atoms with van der Waals surface area (Å²) < 4.78 is 27.9. The van der Waals surface area contributed by atoms with Gasteiger partial charge in [-0.3, -0.25) is 9.78 Å². The summed E-state index contributed by atoms with van der Waals surface area (Å²) in [7, 11) is -3.52. The lowest BCUT2D eigenvalue weighted by atomic mass is 10.1. The number of hydrogen-bond acceptors (Lipinski definition) is 4. The first-order valence-corrected chi connectivity index (χ1v) is 12.5. The third-order valence-electron chi connectivity index (χ3n) is 5.35. The van der Waals surface area contributed by atoms with Crippen molar-refractivity contribution in [2.45, 2.75) is 19.0 Å². The van der Waals surface area contributed by atoms with Crippen molar-refractivity contribution in [3.63, 3.8) is 0 Å². The third kappa shape index (κ3) is 4.87. The summed E-state index contributed by atoms with van der Waals surface area (Å²) in [6, 6.07) is 18.4. The molecule has 1 aliphatic rings. The predicted octanol–water partition coefficient (Wildman–Crippen LogP) is 3.88. The van der Waals surface area contributed by atoms with Crippen LogP contribution in [0.2, 0.25) is 0 Å². The SMILES string of the molecule is CS(=O)(=O)N1Cc2cc(Br)ccc2N(C(=O)c2cccnc2)CC1Cc1ccccc1. The van der Waals surface area contributed by atoms with E-state index in [0.717, 1.165) is 15.6 Å². The summed E-state index contributed by atoms with van der Waals surface area (Å²) in [6.45, 7) is 0.437. The first-order chi connectivity index (χ1) is 14.8. The van der Waals surface area contributed by atoms with Crippen molar-refractivity contribution in [2.24, 2.45) is 0 Å². The molecule has 1 unspecified atom stereocenters. The van der Waals surface area contributed by atoms with Crippen molar-refractivity contribution in [1.29, 1.82) is 0 Å². The Labute approximate surface area is 190 Å². The third-order valence-corrected chi connectivity index (χ3v) is 7.13. The molecule has 3 aromatic rings. The van der Waals surface area contributed by atoms with Crippen LogP contribution in [0.5, 0.6) is 0 Å². The van der Waals surface area contributed by atoms with E-state index in [1.807, 2.05) is 48.5 Å². The molecule has 4 rings (SSSR count). The maximum absolute atomic E-state index is 13.5. The van der Waals surface area contributed by atoms with Gasteiger partial charge in [0.25, 0.3) is 5.91 Å². The number of halogens is 1. The molecule has 2 aromatic carbocycles. The zero-order valence-electron chi connectivity index (χ0n) is 17.0. The largest absolute Gasteiger partial charge is 0.306 e. The van der Waals surface area contributed by atoms with Gasteiger partial charge in [0.2, 0.25) is 10.0 Å². The number of aromatic nitrogens is 1. The molecule has 0 N–H and O–H groups in total. The second kappa shape index (κ2) is 8.90. The molecule has 2 heterocycles. The second-order valence-corrected chi connectivity index (χ2v) is 10.4. The fourth-order valence-corrected chi connectivity index (χ4v) is 5.38. The van der Waals surface area contributed by atoms with E-state index in [4.69, 9.17) is 0 Å². The van der Waals surface area contributed by atoms with Crippen LogP contribution in [0.4, 0.5) is 5.69 Å². The monoisotopic (exact) mass is 499 g/mol. The Bertz CT molecular complexity index is 1190. The van der Waals surface area contributed by atoms with Crippen LogP contribution in [0.15, 0.2) is 77.5 Å². The topological polar surface area (TPSA) is 70.6 Å². The van der Waals surface area contributed by atoms with E-state index in [1.165, 1.54) is 16.8 Å². The number of rotatable bonds is 4. The van der Waals surface area contributed by atoms with Gasteiger partial charge in [-0.25, -0.2) is 8.42 Å². The molecule has 0 bridgehead atoms. The highest BCUT2D eigenvalue weighted by molar-refractivity contribution is 9.10. The molecule has 1 amide bonds. The molecule has 0 fully saturated rings. The van der Waals surface area contributed by atoms with Gasteiger partial charge in [0, 0.05) is 41.7 Å².